The number of nitrogens with zero attached hydrogens (tertiary/aromatic N) is 2. The molecule has 0 aromatic carbocycles. The third-order valence-corrected chi connectivity index (χ3v) is 4.28. The van der Waals surface area contributed by atoms with E-state index < -0.39 is 5.97 Å². The Morgan fingerprint density at radius 1 is 1.57 bits per heavy atom. The van der Waals surface area contributed by atoms with E-state index in [-0.39, 0.29) is 24.4 Å². The highest BCUT2D eigenvalue weighted by Gasteiger charge is 2.31. The first kappa shape index (κ1) is 17.0. The summed E-state index contributed by atoms with van der Waals surface area (Å²) in [4.78, 5) is 24.5. The lowest BCUT2D eigenvalue weighted by molar-refractivity contribution is -0.137. The Balaban J connectivity index is 2.11. The Morgan fingerprint density at radius 2 is 2.35 bits per heavy atom. The second-order valence-corrected chi connectivity index (χ2v) is 6.23. The summed E-state index contributed by atoms with van der Waals surface area (Å²) < 4.78 is 5.50. The number of carboxylic acids is 1. The first-order chi connectivity index (χ1) is 11.0. The van der Waals surface area contributed by atoms with Crippen LogP contribution in [0.4, 0.5) is 0 Å². The Hall–Kier alpha value is -2.37. The van der Waals surface area contributed by atoms with Crippen LogP contribution in [0.1, 0.15) is 18.6 Å². The lowest BCUT2D eigenvalue weighted by Gasteiger charge is -2.13. The maximum atomic E-state index is 12.3. The fourth-order valence-corrected chi connectivity index (χ4v) is 3.15. The molecule has 1 aromatic rings. The second-order valence-electron chi connectivity index (χ2n) is 4.56. The van der Waals surface area contributed by atoms with Gasteiger partial charge in [0.1, 0.15) is 10.1 Å². The van der Waals surface area contributed by atoms with E-state index >= 15 is 0 Å². The van der Waals surface area contributed by atoms with Crippen LogP contribution in [0.2, 0.25) is 0 Å². The zero-order valence-corrected chi connectivity index (χ0v) is 13.5. The van der Waals surface area contributed by atoms with Crippen LogP contribution in [-0.2, 0) is 9.59 Å². The van der Waals surface area contributed by atoms with Gasteiger partial charge in [-0.1, -0.05) is 24.0 Å². The third-order valence-electron chi connectivity index (χ3n) is 2.90. The van der Waals surface area contributed by atoms with Gasteiger partial charge >= 0.3 is 5.97 Å². The van der Waals surface area contributed by atoms with Crippen molar-refractivity contribution in [3.8, 4) is 6.07 Å². The van der Waals surface area contributed by atoms with Crippen LogP contribution in [0.5, 0.6) is 0 Å². The van der Waals surface area contributed by atoms with Gasteiger partial charge in [0, 0.05) is 13.0 Å². The summed E-state index contributed by atoms with van der Waals surface area (Å²) >= 11 is 6.23. The molecule has 1 saturated heterocycles. The van der Waals surface area contributed by atoms with E-state index in [0.717, 1.165) is 11.8 Å². The molecule has 0 spiro atoms. The lowest BCUT2D eigenvalue weighted by Crippen LogP contribution is -2.29. The van der Waals surface area contributed by atoms with Crippen LogP contribution in [0.15, 0.2) is 39.4 Å². The van der Waals surface area contributed by atoms with Crippen molar-refractivity contribution in [3.05, 3.63) is 40.7 Å². The smallest absolute Gasteiger partial charge is 0.303 e. The number of furan rings is 1. The van der Waals surface area contributed by atoms with Crippen molar-refractivity contribution in [2.75, 3.05) is 6.54 Å². The summed E-state index contributed by atoms with van der Waals surface area (Å²) in [5.41, 5.74) is 0.269. The average molecular weight is 348 g/mol. The van der Waals surface area contributed by atoms with Crippen molar-refractivity contribution >= 4 is 46.3 Å². The van der Waals surface area contributed by atoms with Gasteiger partial charge in [-0.2, -0.15) is 5.26 Å². The molecule has 0 bridgehead atoms. The van der Waals surface area contributed by atoms with E-state index in [1.165, 1.54) is 23.3 Å². The zero-order chi connectivity index (χ0) is 16.8. The van der Waals surface area contributed by atoms with Gasteiger partial charge in [-0.25, -0.2) is 0 Å². The molecule has 1 aliphatic rings. The van der Waals surface area contributed by atoms with Gasteiger partial charge < -0.3 is 9.52 Å². The van der Waals surface area contributed by atoms with E-state index in [4.69, 9.17) is 27.0 Å². The number of carbonyl (C=O) groups is 2. The SMILES string of the molecule is N#CC(=Cc1ccco1)C=C1SC(=S)N(CCCC(=O)O)C1=O. The van der Waals surface area contributed by atoms with Gasteiger partial charge in [0.2, 0.25) is 0 Å². The summed E-state index contributed by atoms with van der Waals surface area (Å²) in [5.74, 6) is -0.722. The van der Waals surface area contributed by atoms with Crippen LogP contribution in [-0.4, -0.2) is 32.7 Å². The fraction of sp³-hybridized carbons (Fsp3) is 0.200. The molecule has 2 rings (SSSR count). The van der Waals surface area contributed by atoms with E-state index in [1.54, 1.807) is 12.1 Å². The van der Waals surface area contributed by atoms with Gasteiger partial charge in [0.15, 0.2) is 0 Å². The summed E-state index contributed by atoms with van der Waals surface area (Å²) in [6.45, 7) is 0.248. The molecule has 1 fully saturated rings. The molecule has 118 valence electrons. The highest BCUT2D eigenvalue weighted by molar-refractivity contribution is 8.26. The van der Waals surface area contributed by atoms with E-state index in [1.807, 2.05) is 6.07 Å². The summed E-state index contributed by atoms with van der Waals surface area (Å²) in [7, 11) is 0. The van der Waals surface area contributed by atoms with Gasteiger partial charge in [0.05, 0.1) is 22.8 Å². The van der Waals surface area contributed by atoms with Crippen LogP contribution in [0.3, 0.4) is 0 Å². The number of allylic oxidation sites excluding steroid dienone is 2. The van der Waals surface area contributed by atoms with Crippen molar-refractivity contribution in [1.82, 2.24) is 4.90 Å². The van der Waals surface area contributed by atoms with Crippen LogP contribution >= 0.6 is 24.0 Å². The molecule has 0 atom stereocenters. The minimum Gasteiger partial charge on any atom is -0.481 e. The zero-order valence-electron chi connectivity index (χ0n) is 11.9. The molecule has 1 aromatic heterocycles. The molecular weight excluding hydrogens is 336 g/mol. The topological polar surface area (TPSA) is 94.5 Å². The second kappa shape index (κ2) is 7.76. The third kappa shape index (κ3) is 4.55. The molecule has 0 radical (unpaired) electrons. The summed E-state index contributed by atoms with van der Waals surface area (Å²) in [6.07, 6.45) is 4.76. The molecule has 0 aliphatic carbocycles. The number of nitriles is 1. The van der Waals surface area contributed by atoms with E-state index in [2.05, 4.69) is 0 Å². The number of amides is 1. The highest BCUT2D eigenvalue weighted by Crippen LogP contribution is 2.32. The summed E-state index contributed by atoms with van der Waals surface area (Å²) in [6, 6.07) is 5.39. The molecule has 0 unspecified atom stereocenters. The van der Waals surface area contributed by atoms with Crippen LogP contribution in [0.25, 0.3) is 6.08 Å². The largest absolute Gasteiger partial charge is 0.481 e. The van der Waals surface area contributed by atoms with Gasteiger partial charge in [0.25, 0.3) is 5.91 Å². The number of hydrogen-bond donors (Lipinski definition) is 1. The van der Waals surface area contributed by atoms with Crippen LogP contribution < -0.4 is 0 Å². The first-order valence-electron chi connectivity index (χ1n) is 6.63. The fourth-order valence-electron chi connectivity index (χ4n) is 1.86. The molecule has 6 nitrogen and oxygen atoms in total. The van der Waals surface area contributed by atoms with Crippen molar-refractivity contribution in [1.29, 1.82) is 5.26 Å². The van der Waals surface area contributed by atoms with Gasteiger partial charge in [-0.3, -0.25) is 14.5 Å². The Labute approximate surface area is 142 Å². The minimum absolute atomic E-state index is 0.0298. The van der Waals surface area contributed by atoms with Crippen molar-refractivity contribution in [2.45, 2.75) is 12.8 Å². The predicted octanol–water partition coefficient (Wildman–Crippen LogP) is 2.80. The Kier molecular flexibility index (Phi) is 5.73. The van der Waals surface area contributed by atoms with Gasteiger partial charge in [-0.05, 0) is 30.7 Å². The molecule has 23 heavy (non-hydrogen) atoms. The number of rotatable bonds is 6. The quantitative estimate of drug-likeness (QED) is 0.480. The highest BCUT2D eigenvalue weighted by atomic mass is 32.2. The minimum atomic E-state index is -0.917. The Morgan fingerprint density at radius 3 is 2.96 bits per heavy atom. The number of carboxylic acid groups (broad SMARTS) is 1. The van der Waals surface area contributed by atoms with Crippen molar-refractivity contribution in [3.63, 3.8) is 0 Å². The number of aliphatic carboxylic acids is 1. The van der Waals surface area contributed by atoms with Crippen LogP contribution in [0, 0.1) is 11.3 Å². The normalized spacial score (nSPS) is 16.9. The monoisotopic (exact) mass is 348 g/mol. The standard InChI is InChI=1S/C15H12N2O4S2/c16-9-10(7-11-3-2-6-21-11)8-12-14(20)17(15(22)23-12)5-1-4-13(18)19/h2-3,6-8H,1,4-5H2,(H,18,19). The summed E-state index contributed by atoms with van der Waals surface area (Å²) in [5, 5.41) is 17.8. The molecule has 0 saturated carbocycles. The van der Waals surface area contributed by atoms with E-state index in [9.17, 15) is 9.59 Å². The lowest BCUT2D eigenvalue weighted by atomic mass is 10.2. The predicted molar refractivity (Wildman–Crippen MR) is 89.2 cm³/mol. The molecule has 1 amide bonds. The maximum absolute atomic E-state index is 12.3. The molecule has 1 N–H and O–H groups in total. The van der Waals surface area contributed by atoms with Crippen molar-refractivity contribution in [2.24, 2.45) is 0 Å². The van der Waals surface area contributed by atoms with Gasteiger partial charge in [-0.15, -0.1) is 0 Å². The molecule has 1 aliphatic heterocycles. The number of thiocarbonyl (C=S) groups is 1. The maximum Gasteiger partial charge on any atom is 0.303 e. The van der Waals surface area contributed by atoms with E-state index in [0.29, 0.717) is 21.4 Å². The molecular formula is C15H12N2O4S2. The van der Waals surface area contributed by atoms with Crippen molar-refractivity contribution < 1.29 is 19.1 Å². The molecule has 8 heteroatoms. The molecule has 2 heterocycles. The number of thioether (sulfide) groups is 1. The number of hydrogen-bond acceptors (Lipinski definition) is 6. The number of carbonyl (C=O) groups excluding carboxylic acids is 1. The Bertz CT molecular complexity index is 729. The average Bonchev–Trinajstić information content (AvgIpc) is 3.09. The first-order valence-corrected chi connectivity index (χ1v) is 7.86.